The molecular formula is C17H17BrClNO4. The van der Waals surface area contributed by atoms with Gasteiger partial charge >= 0.3 is 0 Å². The van der Waals surface area contributed by atoms with Crippen molar-refractivity contribution in [2.75, 3.05) is 19.5 Å². The third-order valence-corrected chi connectivity index (χ3v) is 4.07. The van der Waals surface area contributed by atoms with Crippen LogP contribution in [0.4, 0.5) is 5.69 Å². The summed E-state index contributed by atoms with van der Waals surface area (Å²) >= 11 is 9.51. The first-order chi connectivity index (χ1) is 11.4. The maximum atomic E-state index is 12.3. The van der Waals surface area contributed by atoms with Crippen molar-refractivity contribution in [3.05, 3.63) is 45.9 Å². The third-order valence-electron chi connectivity index (χ3n) is 3.23. The van der Waals surface area contributed by atoms with Crippen LogP contribution in [0.25, 0.3) is 0 Å². The Kier molecular flexibility index (Phi) is 6.34. The normalized spacial score (nSPS) is 11.5. The molecule has 0 heterocycles. The molecule has 128 valence electrons. The molecule has 0 saturated carbocycles. The molecule has 5 nitrogen and oxygen atoms in total. The van der Waals surface area contributed by atoms with Crippen molar-refractivity contribution in [1.82, 2.24) is 0 Å². The summed E-state index contributed by atoms with van der Waals surface area (Å²) in [6.07, 6.45) is -0.699. The average Bonchev–Trinajstić information content (AvgIpc) is 2.58. The monoisotopic (exact) mass is 413 g/mol. The quantitative estimate of drug-likeness (QED) is 0.755. The molecule has 0 aromatic heterocycles. The van der Waals surface area contributed by atoms with Gasteiger partial charge in [0.25, 0.3) is 5.91 Å². The number of methoxy groups -OCH3 is 2. The Morgan fingerprint density at radius 3 is 2.29 bits per heavy atom. The van der Waals surface area contributed by atoms with E-state index in [1.807, 2.05) is 12.1 Å². The minimum Gasteiger partial charge on any atom is -0.493 e. The highest BCUT2D eigenvalue weighted by Gasteiger charge is 2.18. The van der Waals surface area contributed by atoms with E-state index in [0.29, 0.717) is 28.0 Å². The van der Waals surface area contributed by atoms with Crippen molar-refractivity contribution in [2.45, 2.75) is 13.0 Å². The number of carbonyl (C=O) groups excluding carboxylic acids is 1. The van der Waals surface area contributed by atoms with Gasteiger partial charge in [0.1, 0.15) is 5.75 Å². The molecule has 1 unspecified atom stereocenters. The number of ether oxygens (including phenoxy) is 3. The first kappa shape index (κ1) is 18.4. The Morgan fingerprint density at radius 1 is 1.12 bits per heavy atom. The standard InChI is InChI=1S/C17H17BrClNO4/c1-10(24-12-6-4-11(18)5-7-12)17(21)20-14-9-16(23-3)15(22-2)8-13(14)19/h4-10H,1-3H3,(H,20,21). The summed E-state index contributed by atoms with van der Waals surface area (Å²) in [5, 5.41) is 3.07. The van der Waals surface area contributed by atoms with Gasteiger partial charge in [0.05, 0.1) is 24.9 Å². The number of anilines is 1. The van der Waals surface area contributed by atoms with E-state index in [9.17, 15) is 4.79 Å². The molecule has 1 atom stereocenters. The maximum absolute atomic E-state index is 12.3. The van der Waals surface area contributed by atoms with Gasteiger partial charge in [-0.1, -0.05) is 27.5 Å². The van der Waals surface area contributed by atoms with E-state index < -0.39 is 6.10 Å². The van der Waals surface area contributed by atoms with Gasteiger partial charge in [0, 0.05) is 16.6 Å². The first-order valence-corrected chi connectivity index (χ1v) is 8.26. The summed E-state index contributed by atoms with van der Waals surface area (Å²) in [6.45, 7) is 1.66. The zero-order valence-corrected chi connectivity index (χ0v) is 15.8. The molecule has 2 aromatic carbocycles. The van der Waals surface area contributed by atoms with Crippen LogP contribution in [0.5, 0.6) is 17.2 Å². The van der Waals surface area contributed by atoms with E-state index in [2.05, 4.69) is 21.2 Å². The Hall–Kier alpha value is -1.92. The van der Waals surface area contributed by atoms with Crippen molar-refractivity contribution >= 4 is 39.1 Å². The summed E-state index contributed by atoms with van der Waals surface area (Å²) in [6, 6.07) is 10.4. The van der Waals surface area contributed by atoms with Crippen molar-refractivity contribution in [3.63, 3.8) is 0 Å². The smallest absolute Gasteiger partial charge is 0.265 e. The first-order valence-electron chi connectivity index (χ1n) is 7.09. The maximum Gasteiger partial charge on any atom is 0.265 e. The summed E-state index contributed by atoms with van der Waals surface area (Å²) in [7, 11) is 3.02. The van der Waals surface area contributed by atoms with E-state index in [-0.39, 0.29) is 5.91 Å². The summed E-state index contributed by atoms with van der Waals surface area (Å²) in [4.78, 5) is 12.3. The molecule has 0 aliphatic rings. The van der Waals surface area contributed by atoms with Gasteiger partial charge in [-0.3, -0.25) is 4.79 Å². The van der Waals surface area contributed by atoms with Crippen LogP contribution < -0.4 is 19.5 Å². The highest BCUT2D eigenvalue weighted by molar-refractivity contribution is 9.10. The predicted octanol–water partition coefficient (Wildman–Crippen LogP) is 4.53. The Bertz CT molecular complexity index is 721. The highest BCUT2D eigenvalue weighted by atomic mass is 79.9. The average molecular weight is 415 g/mol. The van der Waals surface area contributed by atoms with Gasteiger partial charge < -0.3 is 19.5 Å². The van der Waals surface area contributed by atoms with Crippen LogP contribution >= 0.6 is 27.5 Å². The number of benzene rings is 2. The van der Waals surface area contributed by atoms with Crippen molar-refractivity contribution < 1.29 is 19.0 Å². The van der Waals surface area contributed by atoms with Crippen LogP contribution in [0, 0.1) is 0 Å². The molecule has 2 rings (SSSR count). The van der Waals surface area contributed by atoms with Crippen LogP contribution in [0.15, 0.2) is 40.9 Å². The molecule has 0 saturated heterocycles. The van der Waals surface area contributed by atoms with E-state index in [1.54, 1.807) is 31.2 Å². The van der Waals surface area contributed by atoms with E-state index in [0.717, 1.165) is 4.47 Å². The lowest BCUT2D eigenvalue weighted by Gasteiger charge is -2.16. The number of nitrogens with one attached hydrogen (secondary N) is 1. The fourth-order valence-corrected chi connectivity index (χ4v) is 2.42. The zero-order valence-electron chi connectivity index (χ0n) is 13.4. The molecule has 2 aromatic rings. The van der Waals surface area contributed by atoms with E-state index in [4.69, 9.17) is 25.8 Å². The predicted molar refractivity (Wildman–Crippen MR) is 97.4 cm³/mol. The molecule has 0 aliphatic carbocycles. The minimum atomic E-state index is -0.699. The Morgan fingerprint density at radius 2 is 1.71 bits per heavy atom. The van der Waals surface area contributed by atoms with Crippen molar-refractivity contribution in [3.8, 4) is 17.2 Å². The second kappa shape index (κ2) is 8.26. The van der Waals surface area contributed by atoms with Gasteiger partial charge in [0.2, 0.25) is 0 Å². The summed E-state index contributed by atoms with van der Waals surface area (Å²) in [5.74, 6) is 1.23. The number of hydrogen-bond acceptors (Lipinski definition) is 4. The number of amides is 1. The van der Waals surface area contributed by atoms with Gasteiger partial charge in [-0.25, -0.2) is 0 Å². The molecule has 1 N–H and O–H groups in total. The largest absolute Gasteiger partial charge is 0.493 e. The fraction of sp³-hybridized carbons (Fsp3) is 0.235. The molecule has 0 aliphatic heterocycles. The lowest BCUT2D eigenvalue weighted by atomic mass is 10.2. The fourth-order valence-electron chi connectivity index (χ4n) is 1.96. The van der Waals surface area contributed by atoms with Crippen molar-refractivity contribution in [1.29, 1.82) is 0 Å². The van der Waals surface area contributed by atoms with E-state index in [1.165, 1.54) is 14.2 Å². The minimum absolute atomic E-state index is 0.327. The third kappa shape index (κ3) is 4.55. The lowest BCUT2D eigenvalue weighted by molar-refractivity contribution is -0.122. The molecule has 0 bridgehead atoms. The molecule has 24 heavy (non-hydrogen) atoms. The van der Waals surface area contributed by atoms with Gasteiger partial charge in [-0.05, 0) is 31.2 Å². The number of halogens is 2. The second-order valence-corrected chi connectivity index (χ2v) is 6.21. The number of hydrogen-bond donors (Lipinski definition) is 1. The van der Waals surface area contributed by atoms with Crippen LogP contribution in [0.2, 0.25) is 5.02 Å². The SMILES string of the molecule is COc1cc(Cl)c(NC(=O)C(C)Oc2ccc(Br)cc2)cc1OC. The second-order valence-electron chi connectivity index (χ2n) is 4.89. The van der Waals surface area contributed by atoms with Crippen LogP contribution in [-0.4, -0.2) is 26.2 Å². The molecule has 0 fully saturated rings. The van der Waals surface area contributed by atoms with E-state index >= 15 is 0 Å². The lowest BCUT2D eigenvalue weighted by Crippen LogP contribution is -2.30. The highest BCUT2D eigenvalue weighted by Crippen LogP contribution is 2.36. The Balaban J connectivity index is 2.09. The van der Waals surface area contributed by atoms with Gasteiger partial charge in [0.15, 0.2) is 17.6 Å². The van der Waals surface area contributed by atoms with Gasteiger partial charge in [-0.15, -0.1) is 0 Å². The Labute approximate surface area is 154 Å². The number of carbonyl (C=O) groups is 1. The van der Waals surface area contributed by atoms with Gasteiger partial charge in [-0.2, -0.15) is 0 Å². The van der Waals surface area contributed by atoms with Crippen LogP contribution in [-0.2, 0) is 4.79 Å². The summed E-state index contributed by atoms with van der Waals surface area (Å²) in [5.41, 5.74) is 0.422. The molecule has 7 heteroatoms. The summed E-state index contributed by atoms with van der Waals surface area (Å²) < 4.78 is 16.9. The number of rotatable bonds is 6. The zero-order chi connectivity index (χ0) is 17.7. The molecule has 1 amide bonds. The van der Waals surface area contributed by atoms with Crippen molar-refractivity contribution in [2.24, 2.45) is 0 Å². The molecule has 0 spiro atoms. The topological polar surface area (TPSA) is 56.8 Å². The molecular weight excluding hydrogens is 398 g/mol. The molecule has 0 radical (unpaired) electrons. The van der Waals surface area contributed by atoms with Crippen LogP contribution in [0.3, 0.4) is 0 Å². The van der Waals surface area contributed by atoms with Crippen LogP contribution in [0.1, 0.15) is 6.92 Å².